The molecule has 0 aliphatic heterocycles. The highest BCUT2D eigenvalue weighted by Gasteiger charge is 2.11. The third-order valence-corrected chi connectivity index (χ3v) is 1.85. The first kappa shape index (κ1) is 9.92. The summed E-state index contributed by atoms with van der Waals surface area (Å²) in [7, 11) is 0. The van der Waals surface area contributed by atoms with E-state index in [2.05, 4.69) is 20.1 Å². The molecule has 0 aliphatic rings. The summed E-state index contributed by atoms with van der Waals surface area (Å²) in [4.78, 5) is 22.0. The Labute approximate surface area is 84.2 Å². The molecule has 0 radical (unpaired) electrons. The standard InChI is InChI=1S/C9H7BrO3/c10-13-9(12)6-8(11)7-4-2-1-3-5-7/h1-5H,6H2. The van der Waals surface area contributed by atoms with Crippen LogP contribution >= 0.6 is 16.3 Å². The number of hydrogen-bond acceptors (Lipinski definition) is 3. The predicted octanol–water partition coefficient (Wildman–Crippen LogP) is 2.11. The van der Waals surface area contributed by atoms with Crippen molar-refractivity contribution in [2.45, 2.75) is 6.42 Å². The van der Waals surface area contributed by atoms with Crippen molar-refractivity contribution in [2.75, 3.05) is 0 Å². The van der Waals surface area contributed by atoms with Crippen LogP contribution in [0.1, 0.15) is 16.8 Å². The lowest BCUT2D eigenvalue weighted by Crippen LogP contribution is -2.07. The zero-order valence-corrected chi connectivity index (χ0v) is 8.28. The molecule has 0 aliphatic carbocycles. The van der Waals surface area contributed by atoms with E-state index in [1.165, 1.54) is 0 Å². The van der Waals surface area contributed by atoms with E-state index >= 15 is 0 Å². The molecular weight excluding hydrogens is 236 g/mol. The first-order valence-corrected chi connectivity index (χ1v) is 4.28. The van der Waals surface area contributed by atoms with Crippen LogP contribution in [0.3, 0.4) is 0 Å². The molecule has 3 nitrogen and oxygen atoms in total. The molecule has 0 bridgehead atoms. The predicted molar refractivity (Wildman–Crippen MR) is 50.4 cm³/mol. The molecule has 4 heteroatoms. The van der Waals surface area contributed by atoms with Crippen molar-refractivity contribution in [1.82, 2.24) is 0 Å². The summed E-state index contributed by atoms with van der Waals surface area (Å²) >= 11 is 2.51. The molecule has 0 amide bonds. The lowest BCUT2D eigenvalue weighted by Gasteiger charge is -1.97. The minimum absolute atomic E-state index is 0.241. The zero-order chi connectivity index (χ0) is 9.68. The third kappa shape index (κ3) is 2.99. The Morgan fingerprint density at radius 1 is 1.23 bits per heavy atom. The summed E-state index contributed by atoms with van der Waals surface area (Å²) in [6.07, 6.45) is -0.241. The van der Waals surface area contributed by atoms with Gasteiger partial charge in [0.15, 0.2) is 22.0 Å². The maximum absolute atomic E-state index is 11.3. The summed E-state index contributed by atoms with van der Waals surface area (Å²) in [6.45, 7) is 0. The summed E-state index contributed by atoms with van der Waals surface area (Å²) in [5, 5.41) is 0. The summed E-state index contributed by atoms with van der Waals surface area (Å²) in [5.41, 5.74) is 0.514. The highest BCUT2D eigenvalue weighted by molar-refractivity contribution is 9.06. The zero-order valence-electron chi connectivity index (χ0n) is 6.70. The maximum atomic E-state index is 11.3. The highest BCUT2D eigenvalue weighted by atomic mass is 79.9. The van der Waals surface area contributed by atoms with E-state index in [1.807, 2.05) is 0 Å². The van der Waals surface area contributed by atoms with Gasteiger partial charge < -0.3 is 3.83 Å². The quantitative estimate of drug-likeness (QED) is 0.603. The van der Waals surface area contributed by atoms with Gasteiger partial charge in [-0.05, 0) is 0 Å². The van der Waals surface area contributed by atoms with Crippen LogP contribution in [-0.4, -0.2) is 11.8 Å². The number of Topliss-reactive ketones (excluding diaryl/α,β-unsaturated/α-hetero) is 1. The van der Waals surface area contributed by atoms with Gasteiger partial charge in [0.2, 0.25) is 0 Å². The Balaban J connectivity index is 2.65. The molecular formula is C9H7BrO3. The molecule has 0 unspecified atom stereocenters. The van der Waals surface area contributed by atoms with Crippen molar-refractivity contribution in [3.05, 3.63) is 35.9 Å². The number of rotatable bonds is 3. The van der Waals surface area contributed by atoms with Crippen LogP contribution in [0, 0.1) is 0 Å². The van der Waals surface area contributed by atoms with Gasteiger partial charge in [0.25, 0.3) is 0 Å². The topological polar surface area (TPSA) is 43.4 Å². The normalized spacial score (nSPS) is 9.31. The Hall–Kier alpha value is -1.16. The minimum atomic E-state index is -0.589. The second-order valence-electron chi connectivity index (χ2n) is 2.42. The SMILES string of the molecule is O=C(CC(=O)c1ccccc1)OBr. The molecule has 0 saturated carbocycles. The van der Waals surface area contributed by atoms with Crippen LogP contribution < -0.4 is 0 Å². The molecule has 0 heterocycles. The van der Waals surface area contributed by atoms with Crippen LogP contribution in [0.15, 0.2) is 30.3 Å². The average Bonchev–Trinajstić information content (AvgIpc) is 2.19. The van der Waals surface area contributed by atoms with E-state index in [0.29, 0.717) is 5.56 Å². The largest absolute Gasteiger partial charge is 0.383 e. The van der Waals surface area contributed by atoms with Gasteiger partial charge in [0, 0.05) is 5.56 Å². The Kier molecular flexibility index (Phi) is 3.64. The monoisotopic (exact) mass is 242 g/mol. The Morgan fingerprint density at radius 3 is 2.38 bits per heavy atom. The molecule has 0 spiro atoms. The van der Waals surface area contributed by atoms with Gasteiger partial charge in [-0.2, -0.15) is 0 Å². The Morgan fingerprint density at radius 2 is 1.85 bits per heavy atom. The number of benzene rings is 1. The molecule has 1 rings (SSSR count). The molecule has 0 saturated heterocycles. The van der Waals surface area contributed by atoms with E-state index in [-0.39, 0.29) is 12.2 Å². The first-order valence-electron chi connectivity index (χ1n) is 3.63. The molecule has 0 fully saturated rings. The molecule has 68 valence electrons. The van der Waals surface area contributed by atoms with Crippen molar-refractivity contribution in [3.8, 4) is 0 Å². The molecule has 13 heavy (non-hydrogen) atoms. The second-order valence-corrected chi connectivity index (χ2v) is 2.74. The van der Waals surface area contributed by atoms with Gasteiger partial charge >= 0.3 is 5.97 Å². The van der Waals surface area contributed by atoms with E-state index in [0.717, 1.165) is 0 Å². The van der Waals surface area contributed by atoms with Crippen molar-refractivity contribution in [1.29, 1.82) is 0 Å². The molecule has 1 aromatic carbocycles. The summed E-state index contributed by atoms with van der Waals surface area (Å²) < 4.78 is 4.20. The molecule has 1 aromatic rings. The lowest BCUT2D eigenvalue weighted by atomic mass is 10.1. The van der Waals surface area contributed by atoms with Gasteiger partial charge in [-0.15, -0.1) is 0 Å². The van der Waals surface area contributed by atoms with Gasteiger partial charge in [0.05, 0.1) is 0 Å². The number of halogens is 1. The van der Waals surface area contributed by atoms with Crippen molar-refractivity contribution in [2.24, 2.45) is 0 Å². The lowest BCUT2D eigenvalue weighted by molar-refractivity contribution is -0.131. The smallest absolute Gasteiger partial charge is 0.325 e. The fourth-order valence-corrected chi connectivity index (χ4v) is 0.999. The summed E-state index contributed by atoms with van der Waals surface area (Å²) in [5.74, 6) is -0.834. The molecule has 0 atom stereocenters. The average molecular weight is 243 g/mol. The van der Waals surface area contributed by atoms with Crippen LogP contribution in [0.5, 0.6) is 0 Å². The minimum Gasteiger partial charge on any atom is -0.383 e. The van der Waals surface area contributed by atoms with Crippen LogP contribution in [0.25, 0.3) is 0 Å². The van der Waals surface area contributed by atoms with E-state index in [4.69, 9.17) is 0 Å². The number of hydrogen-bond donors (Lipinski definition) is 0. The van der Waals surface area contributed by atoms with Gasteiger partial charge in [-0.1, -0.05) is 30.3 Å². The van der Waals surface area contributed by atoms with Gasteiger partial charge in [-0.3, -0.25) is 9.59 Å². The number of carbonyl (C=O) groups is 2. The fraction of sp³-hybridized carbons (Fsp3) is 0.111. The molecule has 0 aromatic heterocycles. The van der Waals surface area contributed by atoms with Crippen molar-refractivity contribution >= 4 is 28.0 Å². The van der Waals surface area contributed by atoms with Crippen LogP contribution in [-0.2, 0) is 8.62 Å². The third-order valence-electron chi connectivity index (χ3n) is 1.49. The van der Waals surface area contributed by atoms with Gasteiger partial charge in [-0.25, -0.2) is 0 Å². The van der Waals surface area contributed by atoms with E-state index in [9.17, 15) is 9.59 Å². The van der Waals surface area contributed by atoms with Crippen molar-refractivity contribution in [3.63, 3.8) is 0 Å². The van der Waals surface area contributed by atoms with E-state index < -0.39 is 5.97 Å². The van der Waals surface area contributed by atoms with Crippen molar-refractivity contribution < 1.29 is 13.4 Å². The highest BCUT2D eigenvalue weighted by Crippen LogP contribution is 2.04. The van der Waals surface area contributed by atoms with E-state index in [1.54, 1.807) is 30.3 Å². The first-order chi connectivity index (χ1) is 6.24. The maximum Gasteiger partial charge on any atom is 0.325 e. The van der Waals surface area contributed by atoms with Gasteiger partial charge in [0.1, 0.15) is 6.42 Å². The fourth-order valence-electron chi connectivity index (χ4n) is 0.884. The molecule has 0 N–H and O–H groups in total. The van der Waals surface area contributed by atoms with Crippen LogP contribution in [0.2, 0.25) is 0 Å². The second kappa shape index (κ2) is 4.77. The number of carbonyl (C=O) groups excluding carboxylic acids is 2. The number of ketones is 1. The Bertz CT molecular complexity index is 308. The summed E-state index contributed by atoms with van der Waals surface area (Å²) in [6, 6.07) is 8.60. The van der Waals surface area contributed by atoms with Crippen LogP contribution in [0.4, 0.5) is 0 Å².